The van der Waals surface area contributed by atoms with Crippen molar-refractivity contribution < 1.29 is 14.2 Å². The predicted octanol–water partition coefficient (Wildman–Crippen LogP) is 4.28. The van der Waals surface area contributed by atoms with E-state index in [9.17, 15) is 5.26 Å². The summed E-state index contributed by atoms with van der Waals surface area (Å²) in [5, 5.41) is 18.0. The molecule has 30 heavy (non-hydrogen) atoms. The second kappa shape index (κ2) is 7.94. The molecule has 1 aromatic heterocycles. The molecule has 2 heterocycles. The molecule has 4 rings (SSSR count). The minimum absolute atomic E-state index is 0.243. The predicted molar refractivity (Wildman–Crippen MR) is 118 cm³/mol. The van der Waals surface area contributed by atoms with Crippen molar-refractivity contribution in [3.05, 3.63) is 11.9 Å². The van der Waals surface area contributed by atoms with Crippen molar-refractivity contribution >= 4 is 13.8 Å². The van der Waals surface area contributed by atoms with Gasteiger partial charge in [0.1, 0.15) is 12.3 Å². The van der Waals surface area contributed by atoms with Crippen LogP contribution in [0.3, 0.4) is 0 Å². The zero-order chi connectivity index (χ0) is 21.5. The molecule has 2 saturated carbocycles. The Balaban J connectivity index is 1.31. The second-order valence-corrected chi connectivity index (χ2v) is 16.4. The first-order chi connectivity index (χ1) is 14.2. The van der Waals surface area contributed by atoms with Gasteiger partial charge < -0.3 is 19.5 Å². The van der Waals surface area contributed by atoms with Crippen LogP contribution in [0.15, 0.2) is 6.20 Å². The first-order valence-corrected chi connectivity index (χ1v) is 15.0. The van der Waals surface area contributed by atoms with Gasteiger partial charge in [0, 0.05) is 27.5 Å². The molecule has 0 unspecified atom stereocenters. The van der Waals surface area contributed by atoms with E-state index in [1.54, 1.807) is 0 Å². The summed E-state index contributed by atoms with van der Waals surface area (Å²) in [5.74, 6) is -0.337. The van der Waals surface area contributed by atoms with Crippen LogP contribution in [-0.2, 0) is 20.9 Å². The van der Waals surface area contributed by atoms with Gasteiger partial charge in [-0.3, -0.25) is 0 Å². The van der Waals surface area contributed by atoms with E-state index in [4.69, 9.17) is 14.2 Å². The van der Waals surface area contributed by atoms with E-state index in [1.807, 2.05) is 17.8 Å². The molecule has 1 N–H and O–H groups in total. The van der Waals surface area contributed by atoms with E-state index in [0.29, 0.717) is 19.9 Å². The first-order valence-electron chi connectivity index (χ1n) is 11.3. The Morgan fingerprint density at radius 2 is 1.87 bits per heavy atom. The summed E-state index contributed by atoms with van der Waals surface area (Å²) in [4.78, 5) is 0. The lowest BCUT2D eigenvalue weighted by atomic mass is 9.52. The van der Waals surface area contributed by atoms with Crippen LogP contribution in [-0.4, -0.2) is 49.0 Å². The van der Waals surface area contributed by atoms with Crippen molar-refractivity contribution in [2.45, 2.75) is 89.2 Å². The van der Waals surface area contributed by atoms with Crippen molar-refractivity contribution in [3.8, 4) is 6.07 Å². The number of anilines is 1. The van der Waals surface area contributed by atoms with Crippen LogP contribution in [0.1, 0.15) is 44.2 Å². The number of rotatable bonds is 7. The molecule has 2 spiro atoms. The van der Waals surface area contributed by atoms with Gasteiger partial charge in [0.05, 0.1) is 36.9 Å². The van der Waals surface area contributed by atoms with Crippen molar-refractivity contribution in [2.75, 3.05) is 25.1 Å². The average molecular weight is 433 g/mol. The van der Waals surface area contributed by atoms with Crippen LogP contribution in [0.5, 0.6) is 0 Å². The molecule has 2 aliphatic carbocycles. The number of nitrogens with zero attached hydrogens (tertiary/aromatic N) is 3. The highest BCUT2D eigenvalue weighted by Crippen LogP contribution is 2.59. The number of aryl methyl sites for hydroxylation is 1. The van der Waals surface area contributed by atoms with Crippen LogP contribution in [0, 0.1) is 23.7 Å². The fourth-order valence-electron chi connectivity index (χ4n) is 5.23. The lowest BCUT2D eigenvalue weighted by Gasteiger charge is -2.57. The molecule has 3 fully saturated rings. The van der Waals surface area contributed by atoms with Crippen LogP contribution in [0.2, 0.25) is 25.7 Å². The maximum absolute atomic E-state index is 9.95. The van der Waals surface area contributed by atoms with Gasteiger partial charge >= 0.3 is 0 Å². The van der Waals surface area contributed by atoms with E-state index in [-0.39, 0.29) is 11.2 Å². The van der Waals surface area contributed by atoms with E-state index in [1.165, 1.54) is 0 Å². The number of ether oxygens (including phenoxy) is 3. The van der Waals surface area contributed by atoms with E-state index in [0.717, 1.165) is 62.6 Å². The number of aromatic nitrogens is 2. The fraction of sp³-hybridized carbons (Fsp3) is 0.818. The molecule has 3 aliphatic rings. The van der Waals surface area contributed by atoms with E-state index >= 15 is 0 Å². The Bertz CT molecular complexity index is 786. The molecule has 0 radical (unpaired) electrons. The van der Waals surface area contributed by atoms with Gasteiger partial charge in [-0.1, -0.05) is 19.6 Å². The van der Waals surface area contributed by atoms with Crippen LogP contribution in [0.4, 0.5) is 5.69 Å². The Morgan fingerprint density at radius 3 is 2.47 bits per heavy atom. The van der Waals surface area contributed by atoms with Crippen LogP contribution >= 0.6 is 0 Å². The van der Waals surface area contributed by atoms with Crippen molar-refractivity contribution in [3.63, 3.8) is 0 Å². The van der Waals surface area contributed by atoms with Crippen LogP contribution < -0.4 is 5.32 Å². The van der Waals surface area contributed by atoms with Gasteiger partial charge in [-0.25, -0.2) is 4.68 Å². The minimum Gasteiger partial charge on any atom is -0.365 e. The van der Waals surface area contributed by atoms with E-state index < -0.39 is 13.6 Å². The zero-order valence-electron chi connectivity index (χ0n) is 18.9. The van der Waals surface area contributed by atoms with Gasteiger partial charge in [-0.2, -0.15) is 10.4 Å². The summed E-state index contributed by atoms with van der Waals surface area (Å²) in [6, 6.07) is 3.71. The Morgan fingerprint density at radius 1 is 1.20 bits per heavy atom. The molecule has 166 valence electrons. The van der Waals surface area contributed by atoms with Crippen molar-refractivity contribution in [1.82, 2.24) is 9.78 Å². The molecule has 7 nitrogen and oxygen atoms in total. The molecular formula is C22H36N4O3Si. The maximum atomic E-state index is 9.95. The smallest absolute Gasteiger partial charge is 0.168 e. The highest BCUT2D eigenvalue weighted by atomic mass is 28.3. The highest BCUT2D eigenvalue weighted by Gasteiger charge is 2.58. The molecular weight excluding hydrogens is 396 g/mol. The number of hydrogen-bond acceptors (Lipinski definition) is 6. The third kappa shape index (κ3) is 4.59. The normalized spacial score (nSPS) is 24.0. The summed E-state index contributed by atoms with van der Waals surface area (Å²) in [6.07, 6.45) is 7.76. The van der Waals surface area contributed by atoms with E-state index in [2.05, 4.69) is 36.1 Å². The maximum Gasteiger partial charge on any atom is 0.168 e. The molecule has 0 amide bonds. The Kier molecular flexibility index (Phi) is 5.77. The van der Waals surface area contributed by atoms with Gasteiger partial charge in [0.25, 0.3) is 0 Å². The molecule has 1 saturated heterocycles. The molecule has 0 bridgehead atoms. The fourth-order valence-corrected chi connectivity index (χ4v) is 5.98. The molecule has 8 heteroatoms. The standard InChI is InChI=1S/C22H36N4O3Si/c1-18-19(13-26(25-18)17-27-11-12-30(2,3)4)24-21(16-23)14-20(15-21)5-7-22(8-6-20)28-9-10-29-22/h13,24H,5-12,14-15,17H2,1-4H3. The largest absolute Gasteiger partial charge is 0.365 e. The van der Waals surface area contributed by atoms with Gasteiger partial charge in [-0.05, 0) is 44.1 Å². The molecule has 0 aromatic carbocycles. The van der Waals surface area contributed by atoms with Crippen LogP contribution in [0.25, 0.3) is 0 Å². The summed E-state index contributed by atoms with van der Waals surface area (Å²) < 4.78 is 19.4. The van der Waals surface area contributed by atoms with Gasteiger partial charge in [0.2, 0.25) is 0 Å². The average Bonchev–Trinajstić information content (AvgIpc) is 3.26. The van der Waals surface area contributed by atoms with Crippen molar-refractivity contribution in [2.24, 2.45) is 5.41 Å². The lowest BCUT2D eigenvalue weighted by molar-refractivity contribution is -0.201. The minimum atomic E-state index is -1.08. The quantitative estimate of drug-likeness (QED) is 0.512. The van der Waals surface area contributed by atoms with Gasteiger partial charge in [0.15, 0.2) is 5.79 Å². The molecule has 1 aromatic rings. The number of hydrogen-bond donors (Lipinski definition) is 1. The van der Waals surface area contributed by atoms with Gasteiger partial charge in [-0.15, -0.1) is 0 Å². The summed E-state index contributed by atoms with van der Waals surface area (Å²) in [7, 11) is -1.08. The second-order valence-electron chi connectivity index (χ2n) is 10.8. The summed E-state index contributed by atoms with van der Waals surface area (Å²) in [6.45, 7) is 11.7. The van der Waals surface area contributed by atoms with Crippen molar-refractivity contribution in [1.29, 1.82) is 5.26 Å². The first kappa shape index (κ1) is 21.8. The summed E-state index contributed by atoms with van der Waals surface area (Å²) in [5.41, 5.74) is 1.59. The monoisotopic (exact) mass is 432 g/mol. The molecule has 1 aliphatic heterocycles. The third-order valence-corrected chi connectivity index (χ3v) is 8.70. The Hall–Kier alpha value is -1.40. The Labute approximate surface area is 181 Å². The summed E-state index contributed by atoms with van der Waals surface area (Å²) >= 11 is 0. The lowest BCUT2D eigenvalue weighted by Crippen LogP contribution is -2.58. The zero-order valence-corrected chi connectivity index (χ0v) is 19.9. The highest BCUT2D eigenvalue weighted by molar-refractivity contribution is 6.76. The topological polar surface area (TPSA) is 81.3 Å². The molecule has 0 atom stereocenters. The third-order valence-electron chi connectivity index (χ3n) is 6.99. The number of nitrogens with one attached hydrogen (secondary N) is 1. The SMILES string of the molecule is Cc1nn(COCC[Si](C)(C)C)cc1NC1(C#N)CC2(CCC3(CC2)OCCO3)C1. The number of nitriles is 1.